The highest BCUT2D eigenvalue weighted by atomic mass is 35.5. The van der Waals surface area contributed by atoms with Crippen molar-refractivity contribution in [1.29, 1.82) is 0 Å². The van der Waals surface area contributed by atoms with Crippen LogP contribution in [0.2, 0.25) is 5.02 Å². The molecule has 1 aliphatic rings. The number of carbonyl (C=O) groups excluding carboxylic acids is 1. The van der Waals surface area contributed by atoms with Gasteiger partial charge in [0.25, 0.3) is 0 Å². The Morgan fingerprint density at radius 2 is 2.04 bits per heavy atom. The van der Waals surface area contributed by atoms with Gasteiger partial charge in [-0.15, -0.1) is 0 Å². The summed E-state index contributed by atoms with van der Waals surface area (Å²) in [7, 11) is 1.31. The van der Waals surface area contributed by atoms with Gasteiger partial charge in [0.05, 0.1) is 29.0 Å². The number of aliphatic hydroxyl groups is 1. The molecule has 28 heavy (non-hydrogen) atoms. The first kappa shape index (κ1) is 18.9. The van der Waals surface area contributed by atoms with E-state index in [9.17, 15) is 9.90 Å². The summed E-state index contributed by atoms with van der Waals surface area (Å²) >= 11 is 6.15. The Labute approximate surface area is 168 Å². The number of nitrogens with zero attached hydrogens (tertiary/aromatic N) is 3. The molecule has 0 saturated heterocycles. The van der Waals surface area contributed by atoms with Crippen LogP contribution in [0, 0.1) is 0 Å². The summed E-state index contributed by atoms with van der Waals surface area (Å²) in [5, 5.41) is 16.6. The molecule has 6 nitrogen and oxygen atoms in total. The van der Waals surface area contributed by atoms with Gasteiger partial charge in [0.15, 0.2) is 0 Å². The molecule has 4 rings (SSSR count). The van der Waals surface area contributed by atoms with E-state index in [0.29, 0.717) is 16.6 Å². The van der Waals surface area contributed by atoms with E-state index in [1.165, 1.54) is 13.5 Å². The summed E-state index contributed by atoms with van der Waals surface area (Å²) in [4.78, 5) is 16.2. The van der Waals surface area contributed by atoms with Gasteiger partial charge >= 0.3 is 5.97 Å². The van der Waals surface area contributed by atoms with E-state index in [2.05, 4.69) is 4.98 Å². The zero-order chi connectivity index (χ0) is 19.7. The SMILES string of the molecule is COC(=O)c1cccc(C(O)c2c(C3CCCCC3)nn3cc(Cl)ccc23)n1. The monoisotopic (exact) mass is 399 g/mol. The fourth-order valence-electron chi connectivity index (χ4n) is 3.99. The first-order chi connectivity index (χ1) is 13.6. The number of rotatable bonds is 4. The fraction of sp³-hybridized carbons (Fsp3) is 0.381. The van der Waals surface area contributed by atoms with E-state index in [1.54, 1.807) is 35.0 Å². The van der Waals surface area contributed by atoms with Crippen LogP contribution in [0.25, 0.3) is 5.52 Å². The van der Waals surface area contributed by atoms with Crippen LogP contribution in [0.15, 0.2) is 36.5 Å². The highest BCUT2D eigenvalue weighted by Crippen LogP contribution is 2.39. The zero-order valence-electron chi connectivity index (χ0n) is 15.6. The lowest BCUT2D eigenvalue weighted by atomic mass is 9.84. The van der Waals surface area contributed by atoms with E-state index in [1.807, 2.05) is 6.07 Å². The van der Waals surface area contributed by atoms with Gasteiger partial charge in [0.2, 0.25) is 0 Å². The number of carbonyl (C=O) groups is 1. The number of methoxy groups -OCH3 is 1. The molecule has 0 aromatic carbocycles. The Kier molecular flexibility index (Phi) is 5.33. The van der Waals surface area contributed by atoms with Gasteiger partial charge in [-0.25, -0.2) is 14.3 Å². The van der Waals surface area contributed by atoms with Crippen molar-refractivity contribution in [3.05, 3.63) is 64.2 Å². The van der Waals surface area contributed by atoms with Crippen LogP contribution in [-0.4, -0.2) is 32.8 Å². The maximum atomic E-state index is 11.8. The highest BCUT2D eigenvalue weighted by molar-refractivity contribution is 6.30. The van der Waals surface area contributed by atoms with E-state index in [-0.39, 0.29) is 5.69 Å². The number of ether oxygens (including phenoxy) is 1. The van der Waals surface area contributed by atoms with Crippen molar-refractivity contribution < 1.29 is 14.6 Å². The molecule has 1 fully saturated rings. The summed E-state index contributed by atoms with van der Waals surface area (Å²) in [6.07, 6.45) is 6.39. The first-order valence-corrected chi connectivity index (χ1v) is 9.87. The minimum absolute atomic E-state index is 0.165. The number of aliphatic hydroxyl groups excluding tert-OH is 1. The van der Waals surface area contributed by atoms with Crippen LogP contribution in [0.3, 0.4) is 0 Å². The molecule has 1 atom stereocenters. The van der Waals surface area contributed by atoms with Crippen LogP contribution >= 0.6 is 11.6 Å². The Balaban J connectivity index is 1.83. The smallest absolute Gasteiger partial charge is 0.356 e. The summed E-state index contributed by atoms with van der Waals surface area (Å²) in [5.74, 6) is -0.242. The summed E-state index contributed by atoms with van der Waals surface area (Å²) in [5.41, 5.74) is 2.98. The topological polar surface area (TPSA) is 76.7 Å². The molecule has 0 amide bonds. The molecule has 0 radical (unpaired) electrons. The normalized spacial score (nSPS) is 16.2. The molecule has 1 unspecified atom stereocenters. The molecular weight excluding hydrogens is 378 g/mol. The van der Waals surface area contributed by atoms with Gasteiger partial charge in [-0.2, -0.15) is 5.10 Å². The number of hydrogen-bond acceptors (Lipinski definition) is 5. The Hall–Kier alpha value is -2.44. The molecule has 3 heterocycles. The molecule has 146 valence electrons. The standard InChI is InChI=1S/C21H22ClN3O3/c1-28-21(27)16-9-5-8-15(23-16)20(26)18-17-11-10-14(22)12-25(17)24-19(18)13-6-3-2-4-7-13/h5,8-13,20,26H,2-4,6-7H2,1H3. The van der Waals surface area contributed by atoms with Gasteiger partial charge in [-0.05, 0) is 37.1 Å². The van der Waals surface area contributed by atoms with Crippen LogP contribution in [0.5, 0.6) is 0 Å². The third kappa shape index (κ3) is 3.50. The van der Waals surface area contributed by atoms with Crippen molar-refractivity contribution in [3.8, 4) is 0 Å². The minimum atomic E-state index is -1.000. The van der Waals surface area contributed by atoms with Crippen LogP contribution in [0.4, 0.5) is 0 Å². The van der Waals surface area contributed by atoms with Crippen LogP contribution in [0.1, 0.15) is 71.6 Å². The zero-order valence-corrected chi connectivity index (χ0v) is 16.4. The van der Waals surface area contributed by atoms with Gasteiger partial charge in [0, 0.05) is 17.7 Å². The Morgan fingerprint density at radius 3 is 2.79 bits per heavy atom. The quantitative estimate of drug-likeness (QED) is 0.662. The molecule has 1 aliphatic carbocycles. The lowest BCUT2D eigenvalue weighted by Gasteiger charge is -2.22. The molecule has 1 N–H and O–H groups in total. The maximum Gasteiger partial charge on any atom is 0.356 e. The van der Waals surface area contributed by atoms with E-state index < -0.39 is 12.1 Å². The van der Waals surface area contributed by atoms with Gasteiger partial charge < -0.3 is 9.84 Å². The number of halogens is 1. The third-order valence-electron chi connectivity index (χ3n) is 5.37. The summed E-state index contributed by atoms with van der Waals surface area (Å²) in [6, 6.07) is 8.63. The average Bonchev–Trinajstić information content (AvgIpc) is 3.11. The predicted octanol–water partition coefficient (Wildman–Crippen LogP) is 4.30. The molecule has 3 aromatic heterocycles. The number of hydrogen-bond donors (Lipinski definition) is 1. The molecular formula is C21H22ClN3O3. The summed E-state index contributed by atoms with van der Waals surface area (Å²) < 4.78 is 6.48. The van der Waals surface area contributed by atoms with Crippen molar-refractivity contribution >= 4 is 23.1 Å². The molecule has 7 heteroatoms. The van der Waals surface area contributed by atoms with Crippen molar-refractivity contribution in [1.82, 2.24) is 14.6 Å². The van der Waals surface area contributed by atoms with Crippen molar-refractivity contribution in [2.75, 3.05) is 7.11 Å². The molecule has 0 spiro atoms. The van der Waals surface area contributed by atoms with Gasteiger partial charge in [0.1, 0.15) is 11.8 Å². The average molecular weight is 400 g/mol. The Morgan fingerprint density at radius 1 is 1.25 bits per heavy atom. The first-order valence-electron chi connectivity index (χ1n) is 9.49. The molecule has 0 bridgehead atoms. The second-order valence-corrected chi connectivity index (χ2v) is 7.59. The molecule has 0 aliphatic heterocycles. The number of esters is 1. The van der Waals surface area contributed by atoms with Gasteiger partial charge in [-0.3, -0.25) is 0 Å². The Bertz CT molecular complexity index is 1010. The number of aromatic nitrogens is 3. The van der Waals surface area contributed by atoms with Crippen molar-refractivity contribution in [2.45, 2.75) is 44.1 Å². The summed E-state index contributed by atoms with van der Waals surface area (Å²) in [6.45, 7) is 0. The van der Waals surface area contributed by atoms with Gasteiger partial charge in [-0.1, -0.05) is 36.9 Å². The minimum Gasteiger partial charge on any atom is -0.464 e. The second-order valence-electron chi connectivity index (χ2n) is 7.15. The van der Waals surface area contributed by atoms with Crippen molar-refractivity contribution in [2.24, 2.45) is 0 Å². The number of pyridine rings is 2. The van der Waals surface area contributed by atoms with Crippen LogP contribution < -0.4 is 0 Å². The molecule has 1 saturated carbocycles. The van der Waals surface area contributed by atoms with E-state index in [4.69, 9.17) is 21.4 Å². The fourth-order valence-corrected chi connectivity index (χ4v) is 4.14. The maximum absolute atomic E-state index is 11.8. The highest BCUT2D eigenvalue weighted by Gasteiger charge is 2.29. The molecule has 3 aromatic rings. The van der Waals surface area contributed by atoms with Crippen LogP contribution in [-0.2, 0) is 4.74 Å². The van der Waals surface area contributed by atoms with E-state index >= 15 is 0 Å². The van der Waals surface area contributed by atoms with E-state index in [0.717, 1.165) is 42.5 Å². The lowest BCUT2D eigenvalue weighted by molar-refractivity contribution is 0.0593. The lowest BCUT2D eigenvalue weighted by Crippen LogP contribution is -2.12. The predicted molar refractivity (Wildman–Crippen MR) is 106 cm³/mol. The third-order valence-corrected chi connectivity index (χ3v) is 5.59. The number of fused-ring (bicyclic) bond motifs is 1. The largest absolute Gasteiger partial charge is 0.464 e. The van der Waals surface area contributed by atoms with Crippen molar-refractivity contribution in [3.63, 3.8) is 0 Å². The second kappa shape index (κ2) is 7.89.